The average molecular weight is 136 g/mol. The number of nitriles is 1. The van der Waals surface area contributed by atoms with E-state index in [-0.39, 0.29) is 5.41 Å². The molecule has 10 heavy (non-hydrogen) atoms. The van der Waals surface area contributed by atoms with Gasteiger partial charge in [0.2, 0.25) is 0 Å². The molecule has 1 N–H and O–H groups in total. The van der Waals surface area contributed by atoms with Gasteiger partial charge in [-0.1, -0.05) is 0 Å². The van der Waals surface area contributed by atoms with Gasteiger partial charge in [0.05, 0.1) is 11.5 Å². The van der Waals surface area contributed by atoms with Crippen LogP contribution >= 0.6 is 0 Å². The Morgan fingerprint density at radius 2 is 2.30 bits per heavy atom. The van der Waals surface area contributed by atoms with Gasteiger partial charge in [0.15, 0.2) is 0 Å². The maximum atomic E-state index is 8.94. The van der Waals surface area contributed by atoms with Crippen LogP contribution in [0.4, 0.5) is 0 Å². The highest BCUT2D eigenvalue weighted by Crippen LogP contribution is 2.48. The van der Waals surface area contributed by atoms with Crippen LogP contribution in [-0.2, 0) is 0 Å². The van der Waals surface area contributed by atoms with E-state index in [1.807, 2.05) is 0 Å². The van der Waals surface area contributed by atoms with Crippen LogP contribution in [0.15, 0.2) is 0 Å². The summed E-state index contributed by atoms with van der Waals surface area (Å²) in [5, 5.41) is 12.2. The molecule has 54 valence electrons. The van der Waals surface area contributed by atoms with Crippen LogP contribution in [0.25, 0.3) is 0 Å². The molecule has 1 atom stereocenters. The lowest BCUT2D eigenvalue weighted by molar-refractivity contribution is 0.378. The summed E-state index contributed by atoms with van der Waals surface area (Å²) in [6.45, 7) is 1.98. The van der Waals surface area contributed by atoms with Crippen LogP contribution in [0.5, 0.6) is 0 Å². The van der Waals surface area contributed by atoms with Crippen molar-refractivity contribution in [3.05, 3.63) is 0 Å². The van der Waals surface area contributed by atoms with E-state index in [0.29, 0.717) is 0 Å². The summed E-state index contributed by atoms with van der Waals surface area (Å²) in [6, 6.07) is 2.48. The fourth-order valence-electron chi connectivity index (χ4n) is 1.88. The molecule has 0 aromatic carbocycles. The Balaban J connectivity index is 2.14. The normalized spacial score (nSPS) is 39.5. The Morgan fingerprint density at radius 1 is 1.50 bits per heavy atom. The molecule has 0 aromatic heterocycles. The number of rotatable bonds is 1. The van der Waals surface area contributed by atoms with E-state index in [1.165, 1.54) is 12.8 Å². The van der Waals surface area contributed by atoms with Gasteiger partial charge in [-0.25, -0.2) is 0 Å². The van der Waals surface area contributed by atoms with Crippen LogP contribution in [0, 0.1) is 22.7 Å². The van der Waals surface area contributed by atoms with Crippen molar-refractivity contribution in [2.24, 2.45) is 11.3 Å². The summed E-state index contributed by atoms with van der Waals surface area (Å²) in [5.74, 6) is 0.729. The molecule has 2 heteroatoms. The van der Waals surface area contributed by atoms with Gasteiger partial charge >= 0.3 is 0 Å². The lowest BCUT2D eigenvalue weighted by atomic mass is 9.84. The Kier molecular flexibility index (Phi) is 1.21. The largest absolute Gasteiger partial charge is 0.315 e. The highest BCUT2D eigenvalue weighted by Gasteiger charge is 2.47. The number of hydrogen-bond donors (Lipinski definition) is 1. The van der Waals surface area contributed by atoms with Crippen molar-refractivity contribution in [3.63, 3.8) is 0 Å². The van der Waals surface area contributed by atoms with Gasteiger partial charge in [0.25, 0.3) is 0 Å². The van der Waals surface area contributed by atoms with Gasteiger partial charge in [-0.05, 0) is 31.7 Å². The molecule has 1 saturated heterocycles. The van der Waals surface area contributed by atoms with Crippen molar-refractivity contribution in [1.29, 1.82) is 5.26 Å². The molecule has 0 radical (unpaired) electrons. The second kappa shape index (κ2) is 1.96. The average Bonchev–Trinajstić information content (AvgIpc) is 2.71. The van der Waals surface area contributed by atoms with Crippen LogP contribution in [0.1, 0.15) is 19.3 Å². The summed E-state index contributed by atoms with van der Waals surface area (Å²) >= 11 is 0. The van der Waals surface area contributed by atoms with E-state index in [4.69, 9.17) is 5.26 Å². The van der Waals surface area contributed by atoms with Gasteiger partial charge in [-0.3, -0.25) is 0 Å². The molecule has 0 amide bonds. The Hall–Kier alpha value is -0.550. The summed E-state index contributed by atoms with van der Waals surface area (Å²) in [4.78, 5) is 0. The monoisotopic (exact) mass is 136 g/mol. The molecule has 2 fully saturated rings. The first kappa shape index (κ1) is 6.18. The van der Waals surface area contributed by atoms with E-state index < -0.39 is 0 Å². The highest BCUT2D eigenvalue weighted by atomic mass is 14.9. The van der Waals surface area contributed by atoms with Gasteiger partial charge in [-0.15, -0.1) is 0 Å². The third-order valence-electron chi connectivity index (χ3n) is 2.77. The molecule has 1 aliphatic carbocycles. The summed E-state index contributed by atoms with van der Waals surface area (Å²) < 4.78 is 0. The molecular formula is C8H12N2. The third-order valence-corrected chi connectivity index (χ3v) is 2.77. The molecule has 0 spiro atoms. The minimum absolute atomic E-state index is 0.0417. The highest BCUT2D eigenvalue weighted by molar-refractivity contribution is 5.11. The lowest BCUT2D eigenvalue weighted by Crippen LogP contribution is -2.24. The first-order valence-corrected chi connectivity index (χ1v) is 3.99. The van der Waals surface area contributed by atoms with Crippen LogP contribution in [0.3, 0.4) is 0 Å². The van der Waals surface area contributed by atoms with E-state index in [2.05, 4.69) is 11.4 Å². The molecule has 0 bridgehead atoms. The second-order valence-corrected chi connectivity index (χ2v) is 3.47. The zero-order valence-corrected chi connectivity index (χ0v) is 6.06. The smallest absolute Gasteiger partial charge is 0.0738 e. The predicted octanol–water partition coefficient (Wildman–Crippen LogP) is 0.900. The minimum Gasteiger partial charge on any atom is -0.315 e. The number of nitrogens with one attached hydrogen (secondary N) is 1. The maximum Gasteiger partial charge on any atom is 0.0738 e. The Morgan fingerprint density at radius 3 is 2.70 bits per heavy atom. The third kappa shape index (κ3) is 0.741. The van der Waals surface area contributed by atoms with Crippen molar-refractivity contribution >= 4 is 0 Å². The van der Waals surface area contributed by atoms with Crippen molar-refractivity contribution in [3.8, 4) is 6.07 Å². The molecule has 2 rings (SSSR count). The van der Waals surface area contributed by atoms with Crippen molar-refractivity contribution in [2.75, 3.05) is 13.1 Å². The molecule has 1 aliphatic heterocycles. The first-order chi connectivity index (χ1) is 4.87. The molecule has 0 aromatic rings. The van der Waals surface area contributed by atoms with Gasteiger partial charge < -0.3 is 5.32 Å². The molecule has 1 saturated carbocycles. The van der Waals surface area contributed by atoms with E-state index in [9.17, 15) is 0 Å². The van der Waals surface area contributed by atoms with E-state index in [1.54, 1.807) is 0 Å². The molecular weight excluding hydrogens is 124 g/mol. The Bertz CT molecular complexity index is 170. The zero-order valence-electron chi connectivity index (χ0n) is 6.06. The van der Waals surface area contributed by atoms with Crippen molar-refractivity contribution < 1.29 is 0 Å². The summed E-state index contributed by atoms with van der Waals surface area (Å²) in [6.07, 6.45) is 3.65. The van der Waals surface area contributed by atoms with Crippen LogP contribution < -0.4 is 5.32 Å². The van der Waals surface area contributed by atoms with Crippen LogP contribution in [-0.4, -0.2) is 13.1 Å². The predicted molar refractivity (Wildman–Crippen MR) is 38.3 cm³/mol. The maximum absolute atomic E-state index is 8.94. The quantitative estimate of drug-likeness (QED) is 0.581. The molecule has 2 nitrogen and oxygen atoms in total. The topological polar surface area (TPSA) is 35.8 Å². The summed E-state index contributed by atoms with van der Waals surface area (Å²) in [5.41, 5.74) is 0.0417. The fraction of sp³-hybridized carbons (Fsp3) is 0.875. The SMILES string of the molecule is N#CC1(C2CC2)CCNC1. The van der Waals surface area contributed by atoms with Gasteiger partial charge in [-0.2, -0.15) is 5.26 Å². The second-order valence-electron chi connectivity index (χ2n) is 3.47. The number of hydrogen-bond acceptors (Lipinski definition) is 2. The van der Waals surface area contributed by atoms with E-state index >= 15 is 0 Å². The van der Waals surface area contributed by atoms with Gasteiger partial charge in [0.1, 0.15) is 0 Å². The molecule has 2 aliphatic rings. The van der Waals surface area contributed by atoms with Crippen LogP contribution in [0.2, 0.25) is 0 Å². The number of nitrogens with zero attached hydrogens (tertiary/aromatic N) is 1. The molecule has 1 unspecified atom stereocenters. The fourth-order valence-corrected chi connectivity index (χ4v) is 1.88. The van der Waals surface area contributed by atoms with Crippen molar-refractivity contribution in [2.45, 2.75) is 19.3 Å². The van der Waals surface area contributed by atoms with E-state index in [0.717, 1.165) is 25.4 Å². The minimum atomic E-state index is 0.0417. The standard InChI is InChI=1S/C8H12N2/c9-5-8(7-1-2-7)3-4-10-6-8/h7,10H,1-4,6H2. The lowest BCUT2D eigenvalue weighted by Gasteiger charge is -2.17. The summed E-state index contributed by atoms with van der Waals surface area (Å²) in [7, 11) is 0. The first-order valence-electron chi connectivity index (χ1n) is 3.99. The zero-order chi connectivity index (χ0) is 7.03. The van der Waals surface area contributed by atoms with Gasteiger partial charge in [0, 0.05) is 6.54 Å². The van der Waals surface area contributed by atoms with Crippen molar-refractivity contribution in [1.82, 2.24) is 5.32 Å². The Labute approximate surface area is 61.2 Å². The molecule has 1 heterocycles.